The average molecular weight is 301 g/mol. The number of aromatic nitrogens is 1. The zero-order chi connectivity index (χ0) is 15.6. The third-order valence-corrected chi connectivity index (χ3v) is 2.49. The molecule has 0 aliphatic carbocycles. The molecule has 1 aromatic carbocycles. The maximum atomic E-state index is 13.8. The normalized spacial score (nSPS) is 11.2. The number of para-hydroxylation sites is 1. The quantitative estimate of drug-likeness (QED) is 0.878. The van der Waals surface area contributed by atoms with Gasteiger partial charge in [-0.15, -0.1) is 0 Å². The first-order valence-corrected chi connectivity index (χ1v) is 5.52. The lowest BCUT2D eigenvalue weighted by molar-refractivity contribution is -0.138. The van der Waals surface area contributed by atoms with E-state index in [1.807, 2.05) is 0 Å². The Bertz CT molecular complexity index is 685. The van der Waals surface area contributed by atoms with Crippen molar-refractivity contribution in [1.29, 1.82) is 0 Å². The van der Waals surface area contributed by atoms with E-state index in [-0.39, 0.29) is 0 Å². The number of hydrogen-bond acceptors (Lipinski definition) is 3. The second-order valence-electron chi connectivity index (χ2n) is 3.88. The highest BCUT2D eigenvalue weighted by molar-refractivity contribution is 5.88. The Morgan fingerprint density at radius 3 is 2.48 bits per heavy atom. The predicted molar refractivity (Wildman–Crippen MR) is 62.7 cm³/mol. The molecule has 0 radical (unpaired) electrons. The lowest BCUT2D eigenvalue weighted by atomic mass is 10.2. The zero-order valence-electron chi connectivity index (χ0n) is 10.2. The van der Waals surface area contributed by atoms with Crippen LogP contribution in [0.5, 0.6) is 11.6 Å². The highest BCUT2D eigenvalue weighted by Crippen LogP contribution is 2.38. The molecule has 0 bridgehead atoms. The van der Waals surface area contributed by atoms with E-state index < -0.39 is 40.7 Å². The smallest absolute Gasteiger partial charge is 0.419 e. The summed E-state index contributed by atoms with van der Waals surface area (Å²) in [6.45, 7) is 0. The van der Waals surface area contributed by atoms with Crippen LogP contribution in [0.1, 0.15) is 15.9 Å². The van der Waals surface area contributed by atoms with Crippen molar-refractivity contribution >= 4 is 5.97 Å². The summed E-state index contributed by atoms with van der Waals surface area (Å²) in [5.74, 6) is -4.43. The Morgan fingerprint density at radius 2 is 1.86 bits per heavy atom. The Morgan fingerprint density at radius 1 is 1.19 bits per heavy atom. The lowest BCUT2D eigenvalue weighted by Gasteiger charge is -2.13. The fraction of sp³-hybridized carbons (Fsp3) is 0.0769. The van der Waals surface area contributed by atoms with Gasteiger partial charge in [0.25, 0.3) is 5.88 Å². The van der Waals surface area contributed by atoms with E-state index in [9.17, 15) is 22.4 Å². The number of hydrogen-bond donors (Lipinski definition) is 1. The van der Waals surface area contributed by atoms with Crippen LogP contribution in [0, 0.1) is 5.82 Å². The molecule has 1 N–H and O–H groups in total. The van der Waals surface area contributed by atoms with Gasteiger partial charge in [-0.3, -0.25) is 0 Å². The Kier molecular flexibility index (Phi) is 3.79. The van der Waals surface area contributed by atoms with Crippen molar-refractivity contribution in [3.05, 3.63) is 53.5 Å². The molecule has 0 saturated carbocycles. The topological polar surface area (TPSA) is 59.4 Å². The number of aromatic carboxylic acids is 1. The van der Waals surface area contributed by atoms with Gasteiger partial charge in [-0.05, 0) is 18.2 Å². The van der Waals surface area contributed by atoms with E-state index in [1.165, 1.54) is 6.07 Å². The van der Waals surface area contributed by atoms with Crippen LogP contribution in [0.15, 0.2) is 36.5 Å². The molecule has 21 heavy (non-hydrogen) atoms. The van der Waals surface area contributed by atoms with Crippen LogP contribution >= 0.6 is 0 Å². The van der Waals surface area contributed by atoms with Crippen LogP contribution < -0.4 is 4.74 Å². The molecule has 0 amide bonds. The summed E-state index contributed by atoms with van der Waals surface area (Å²) >= 11 is 0. The second kappa shape index (κ2) is 5.39. The number of carboxylic acid groups (broad SMARTS) is 1. The van der Waals surface area contributed by atoms with Crippen molar-refractivity contribution in [3.63, 3.8) is 0 Å². The molecule has 1 aromatic heterocycles. The van der Waals surface area contributed by atoms with Gasteiger partial charge in [0, 0.05) is 6.20 Å². The standard InChI is InChI=1S/C13H7F4NO3/c14-10-7(12(19)20)5-6-18-11(10)21-9-4-2-1-3-8(9)13(15,16)17/h1-6H,(H,19,20). The van der Waals surface area contributed by atoms with Gasteiger partial charge in [-0.25, -0.2) is 14.2 Å². The van der Waals surface area contributed by atoms with Crippen molar-refractivity contribution in [3.8, 4) is 11.6 Å². The maximum absolute atomic E-state index is 13.8. The van der Waals surface area contributed by atoms with Gasteiger partial charge in [0.2, 0.25) is 0 Å². The van der Waals surface area contributed by atoms with Gasteiger partial charge in [-0.2, -0.15) is 13.2 Å². The molecule has 0 spiro atoms. The molecule has 0 atom stereocenters. The number of pyridine rings is 1. The van der Waals surface area contributed by atoms with Crippen molar-refractivity contribution in [2.24, 2.45) is 0 Å². The first-order valence-electron chi connectivity index (χ1n) is 5.52. The molecule has 110 valence electrons. The van der Waals surface area contributed by atoms with Crippen LogP contribution in [-0.2, 0) is 6.18 Å². The number of alkyl halides is 3. The summed E-state index contributed by atoms with van der Waals surface area (Å²) in [6, 6.07) is 5.03. The Hall–Kier alpha value is -2.64. The highest BCUT2D eigenvalue weighted by atomic mass is 19.4. The van der Waals surface area contributed by atoms with Crippen LogP contribution in [0.4, 0.5) is 17.6 Å². The van der Waals surface area contributed by atoms with E-state index in [2.05, 4.69) is 4.98 Å². The third-order valence-electron chi connectivity index (χ3n) is 2.49. The number of nitrogens with zero attached hydrogens (tertiary/aromatic N) is 1. The molecule has 0 aliphatic rings. The molecular weight excluding hydrogens is 294 g/mol. The second-order valence-corrected chi connectivity index (χ2v) is 3.88. The van der Waals surface area contributed by atoms with E-state index >= 15 is 0 Å². The minimum absolute atomic E-state index is 0.668. The van der Waals surface area contributed by atoms with Crippen molar-refractivity contribution in [2.75, 3.05) is 0 Å². The van der Waals surface area contributed by atoms with Gasteiger partial charge in [0.05, 0.1) is 5.56 Å². The highest BCUT2D eigenvalue weighted by Gasteiger charge is 2.34. The first kappa shape index (κ1) is 14.8. The fourth-order valence-electron chi connectivity index (χ4n) is 1.55. The summed E-state index contributed by atoms with van der Waals surface area (Å²) in [5.41, 5.74) is -1.86. The number of benzene rings is 1. The number of halogens is 4. The van der Waals surface area contributed by atoms with Gasteiger partial charge >= 0.3 is 12.1 Å². The summed E-state index contributed by atoms with van der Waals surface area (Å²) in [6.07, 6.45) is -3.77. The van der Waals surface area contributed by atoms with Crippen molar-refractivity contribution < 1.29 is 32.2 Å². The molecule has 0 fully saturated rings. The van der Waals surface area contributed by atoms with Crippen LogP contribution in [0.25, 0.3) is 0 Å². The molecule has 4 nitrogen and oxygen atoms in total. The maximum Gasteiger partial charge on any atom is 0.419 e. The van der Waals surface area contributed by atoms with Crippen LogP contribution in [-0.4, -0.2) is 16.1 Å². The monoisotopic (exact) mass is 301 g/mol. The molecule has 0 saturated heterocycles. The molecule has 8 heteroatoms. The summed E-state index contributed by atoms with van der Waals surface area (Å²) in [4.78, 5) is 14.2. The minimum Gasteiger partial charge on any atom is -0.478 e. The molecule has 1 heterocycles. The molecule has 0 unspecified atom stereocenters. The van der Waals surface area contributed by atoms with Gasteiger partial charge in [-0.1, -0.05) is 12.1 Å². The molecule has 0 aliphatic heterocycles. The van der Waals surface area contributed by atoms with Crippen LogP contribution in [0.3, 0.4) is 0 Å². The van der Waals surface area contributed by atoms with Crippen LogP contribution in [0.2, 0.25) is 0 Å². The Balaban J connectivity index is 2.45. The van der Waals surface area contributed by atoms with Gasteiger partial charge < -0.3 is 9.84 Å². The van der Waals surface area contributed by atoms with E-state index in [1.54, 1.807) is 0 Å². The lowest BCUT2D eigenvalue weighted by Crippen LogP contribution is -2.08. The van der Waals surface area contributed by atoms with E-state index in [0.29, 0.717) is 0 Å². The molecule has 2 rings (SSSR count). The predicted octanol–water partition coefficient (Wildman–Crippen LogP) is 3.73. The number of rotatable bonds is 3. The van der Waals surface area contributed by atoms with E-state index in [4.69, 9.17) is 9.84 Å². The van der Waals surface area contributed by atoms with Crippen molar-refractivity contribution in [2.45, 2.75) is 6.18 Å². The Labute approximate surface area is 115 Å². The fourth-order valence-corrected chi connectivity index (χ4v) is 1.55. The third kappa shape index (κ3) is 3.10. The number of carboxylic acids is 1. The number of ether oxygens (including phenoxy) is 1. The molecular formula is C13H7F4NO3. The summed E-state index contributed by atoms with van der Waals surface area (Å²) in [7, 11) is 0. The zero-order valence-corrected chi connectivity index (χ0v) is 10.2. The first-order chi connectivity index (χ1) is 9.80. The number of carbonyl (C=O) groups is 1. The minimum atomic E-state index is -4.70. The SMILES string of the molecule is O=C(O)c1ccnc(Oc2ccccc2C(F)(F)F)c1F. The largest absolute Gasteiger partial charge is 0.478 e. The van der Waals surface area contributed by atoms with Gasteiger partial charge in [0.15, 0.2) is 5.82 Å². The van der Waals surface area contributed by atoms with Gasteiger partial charge in [0.1, 0.15) is 11.3 Å². The van der Waals surface area contributed by atoms with Crippen molar-refractivity contribution in [1.82, 2.24) is 4.98 Å². The molecule has 2 aromatic rings. The summed E-state index contributed by atoms with van der Waals surface area (Å²) in [5, 5.41) is 8.74. The summed E-state index contributed by atoms with van der Waals surface area (Å²) < 4.78 is 56.9. The van der Waals surface area contributed by atoms with E-state index in [0.717, 1.165) is 30.5 Å². The average Bonchev–Trinajstić information content (AvgIpc) is 2.40.